The molecule has 94 valence electrons. The molecule has 1 fully saturated rings. The summed E-state index contributed by atoms with van der Waals surface area (Å²) in [7, 11) is 1.42. The first-order chi connectivity index (χ1) is 8.24. The van der Waals surface area contributed by atoms with Crippen LogP contribution in [0.5, 0.6) is 5.88 Å². The molecular weight excluding hydrogens is 221 g/mol. The molecule has 1 aromatic rings. The summed E-state index contributed by atoms with van der Waals surface area (Å²) in [5.74, 6) is -0.344. The van der Waals surface area contributed by atoms with Crippen molar-refractivity contribution in [1.82, 2.24) is 9.88 Å². The van der Waals surface area contributed by atoms with E-state index in [1.54, 1.807) is 6.20 Å². The molecule has 0 spiro atoms. The van der Waals surface area contributed by atoms with Crippen LogP contribution in [-0.4, -0.2) is 49.7 Å². The van der Waals surface area contributed by atoms with E-state index in [4.69, 9.17) is 4.74 Å². The minimum Gasteiger partial charge on any atom is -0.479 e. The second-order valence-electron chi connectivity index (χ2n) is 4.11. The quantitative estimate of drug-likeness (QED) is 0.796. The summed E-state index contributed by atoms with van der Waals surface area (Å²) in [4.78, 5) is 8.49. The van der Waals surface area contributed by atoms with Crippen LogP contribution in [-0.2, 0) is 0 Å². The fourth-order valence-electron chi connectivity index (χ4n) is 2.06. The number of ether oxygens (including phenoxy) is 1. The van der Waals surface area contributed by atoms with Gasteiger partial charge in [0.1, 0.15) is 0 Å². The van der Waals surface area contributed by atoms with Crippen molar-refractivity contribution in [3.05, 3.63) is 18.1 Å². The first-order valence-electron chi connectivity index (χ1n) is 5.91. The zero-order chi connectivity index (χ0) is 12.3. The molecule has 1 aliphatic heterocycles. The van der Waals surface area contributed by atoms with Crippen molar-refractivity contribution in [2.75, 3.05) is 44.7 Å². The second kappa shape index (κ2) is 5.31. The first kappa shape index (κ1) is 12.1. The van der Waals surface area contributed by atoms with Crippen LogP contribution in [0, 0.1) is 5.82 Å². The van der Waals surface area contributed by atoms with Crippen molar-refractivity contribution in [1.29, 1.82) is 0 Å². The maximum Gasteiger partial charge on any atom is 0.250 e. The molecule has 1 aromatic heterocycles. The average Bonchev–Trinajstić information content (AvgIpc) is 2.39. The predicted octanol–water partition coefficient (Wildman–Crippen LogP) is 1.37. The normalized spacial score (nSPS) is 17.2. The van der Waals surface area contributed by atoms with Gasteiger partial charge in [0.15, 0.2) is 5.82 Å². The summed E-state index contributed by atoms with van der Waals surface area (Å²) in [5.41, 5.74) is 0.832. The molecule has 5 heteroatoms. The van der Waals surface area contributed by atoms with Crippen molar-refractivity contribution >= 4 is 5.69 Å². The van der Waals surface area contributed by atoms with Gasteiger partial charge in [-0.1, -0.05) is 6.92 Å². The van der Waals surface area contributed by atoms with Gasteiger partial charge in [0.25, 0.3) is 0 Å². The van der Waals surface area contributed by atoms with Crippen LogP contribution in [0.25, 0.3) is 0 Å². The highest BCUT2D eigenvalue weighted by atomic mass is 19.1. The molecule has 0 bridgehead atoms. The van der Waals surface area contributed by atoms with Gasteiger partial charge < -0.3 is 14.5 Å². The zero-order valence-electron chi connectivity index (χ0n) is 10.3. The number of anilines is 1. The topological polar surface area (TPSA) is 28.6 Å². The molecule has 0 aromatic carbocycles. The minimum atomic E-state index is -0.400. The molecule has 0 unspecified atom stereocenters. The van der Waals surface area contributed by atoms with Crippen molar-refractivity contribution in [3.63, 3.8) is 0 Å². The number of hydrogen-bond acceptors (Lipinski definition) is 4. The first-order valence-corrected chi connectivity index (χ1v) is 5.91. The number of rotatable bonds is 3. The van der Waals surface area contributed by atoms with Crippen LogP contribution >= 0.6 is 0 Å². The fraction of sp³-hybridized carbons (Fsp3) is 0.583. The maximum atomic E-state index is 13.5. The minimum absolute atomic E-state index is 0.0564. The molecule has 0 radical (unpaired) electrons. The van der Waals surface area contributed by atoms with E-state index < -0.39 is 5.82 Å². The van der Waals surface area contributed by atoms with E-state index in [1.165, 1.54) is 13.2 Å². The Labute approximate surface area is 101 Å². The number of aromatic nitrogens is 1. The van der Waals surface area contributed by atoms with Gasteiger partial charge in [-0.05, 0) is 6.54 Å². The Morgan fingerprint density at radius 2 is 2.06 bits per heavy atom. The summed E-state index contributed by atoms with van der Waals surface area (Å²) in [6.07, 6.45) is 1.67. The SMILES string of the molecule is CCN1CCN(c2cnc(OC)c(F)c2)CC1. The van der Waals surface area contributed by atoms with Crippen LogP contribution in [0.15, 0.2) is 12.3 Å². The maximum absolute atomic E-state index is 13.5. The van der Waals surface area contributed by atoms with Gasteiger partial charge in [0.05, 0.1) is 19.0 Å². The van der Waals surface area contributed by atoms with Gasteiger partial charge >= 0.3 is 0 Å². The lowest BCUT2D eigenvalue weighted by Gasteiger charge is -2.35. The van der Waals surface area contributed by atoms with Gasteiger partial charge in [-0.15, -0.1) is 0 Å². The molecular formula is C12H18FN3O. The van der Waals surface area contributed by atoms with E-state index in [9.17, 15) is 4.39 Å². The molecule has 0 aliphatic carbocycles. The highest BCUT2D eigenvalue weighted by Crippen LogP contribution is 2.21. The van der Waals surface area contributed by atoms with Crippen molar-refractivity contribution in [2.45, 2.75) is 6.92 Å². The van der Waals surface area contributed by atoms with Crippen molar-refractivity contribution < 1.29 is 9.13 Å². The molecule has 0 amide bonds. The van der Waals surface area contributed by atoms with Gasteiger partial charge in [0, 0.05) is 32.2 Å². The Morgan fingerprint density at radius 3 is 2.59 bits per heavy atom. The predicted molar refractivity (Wildman–Crippen MR) is 65.1 cm³/mol. The number of pyridine rings is 1. The summed E-state index contributed by atoms with van der Waals surface area (Å²) in [6.45, 7) is 7.10. The third-order valence-corrected chi connectivity index (χ3v) is 3.17. The number of methoxy groups -OCH3 is 1. The molecule has 2 rings (SSSR count). The third kappa shape index (κ3) is 2.66. The van der Waals surface area contributed by atoms with Gasteiger partial charge in [-0.2, -0.15) is 0 Å². The van der Waals surface area contributed by atoms with E-state index in [-0.39, 0.29) is 5.88 Å². The molecule has 17 heavy (non-hydrogen) atoms. The third-order valence-electron chi connectivity index (χ3n) is 3.17. The summed E-state index contributed by atoms with van der Waals surface area (Å²) >= 11 is 0. The van der Waals surface area contributed by atoms with E-state index in [1.807, 2.05) is 0 Å². The summed E-state index contributed by atoms with van der Waals surface area (Å²) in [5, 5.41) is 0. The smallest absolute Gasteiger partial charge is 0.250 e. The monoisotopic (exact) mass is 239 g/mol. The molecule has 0 N–H and O–H groups in total. The molecule has 1 aliphatic rings. The second-order valence-corrected chi connectivity index (χ2v) is 4.11. The van der Waals surface area contributed by atoms with E-state index in [2.05, 4.69) is 21.7 Å². The molecule has 1 saturated heterocycles. The lowest BCUT2D eigenvalue weighted by atomic mass is 10.2. The van der Waals surface area contributed by atoms with Crippen LogP contribution in [0.3, 0.4) is 0 Å². The molecule has 0 saturated carbocycles. The van der Waals surface area contributed by atoms with Gasteiger partial charge in [0.2, 0.25) is 5.88 Å². The van der Waals surface area contributed by atoms with E-state index in [0.717, 1.165) is 38.4 Å². The Morgan fingerprint density at radius 1 is 1.35 bits per heavy atom. The van der Waals surface area contributed by atoms with Crippen LogP contribution in [0.2, 0.25) is 0 Å². The Hall–Kier alpha value is -1.36. The van der Waals surface area contributed by atoms with E-state index >= 15 is 0 Å². The van der Waals surface area contributed by atoms with Crippen LogP contribution in [0.4, 0.5) is 10.1 Å². The number of likely N-dealkylation sites (N-methyl/N-ethyl adjacent to an activating group) is 1. The van der Waals surface area contributed by atoms with Crippen molar-refractivity contribution in [2.24, 2.45) is 0 Å². The summed E-state index contributed by atoms with van der Waals surface area (Å²) < 4.78 is 18.3. The summed E-state index contributed by atoms with van der Waals surface area (Å²) in [6, 6.07) is 1.49. The Balaban J connectivity index is 2.06. The fourth-order valence-corrected chi connectivity index (χ4v) is 2.06. The zero-order valence-corrected chi connectivity index (χ0v) is 10.3. The average molecular weight is 239 g/mol. The molecule has 4 nitrogen and oxygen atoms in total. The largest absolute Gasteiger partial charge is 0.479 e. The van der Waals surface area contributed by atoms with Gasteiger partial charge in [-0.25, -0.2) is 9.37 Å². The lowest BCUT2D eigenvalue weighted by molar-refractivity contribution is 0.271. The van der Waals surface area contributed by atoms with Gasteiger partial charge in [-0.3, -0.25) is 0 Å². The number of hydrogen-bond donors (Lipinski definition) is 0. The van der Waals surface area contributed by atoms with Crippen LogP contribution < -0.4 is 9.64 Å². The highest BCUT2D eigenvalue weighted by Gasteiger charge is 2.17. The lowest BCUT2D eigenvalue weighted by Crippen LogP contribution is -2.46. The Bertz CT molecular complexity index is 378. The highest BCUT2D eigenvalue weighted by molar-refractivity contribution is 5.46. The molecule has 0 atom stereocenters. The van der Waals surface area contributed by atoms with Crippen molar-refractivity contribution in [3.8, 4) is 5.88 Å². The molecule has 2 heterocycles. The number of nitrogens with zero attached hydrogens (tertiary/aromatic N) is 3. The number of halogens is 1. The Kier molecular flexibility index (Phi) is 3.78. The van der Waals surface area contributed by atoms with E-state index in [0.29, 0.717) is 0 Å². The standard InChI is InChI=1S/C12H18FN3O/c1-3-15-4-6-16(7-5-15)10-8-11(13)12(17-2)14-9-10/h8-9H,3-7H2,1-2H3. The van der Waals surface area contributed by atoms with Crippen LogP contribution in [0.1, 0.15) is 6.92 Å². The number of piperazine rings is 1.